The summed E-state index contributed by atoms with van der Waals surface area (Å²) in [4.78, 5) is 16.0. The number of hydrogen-bond acceptors (Lipinski definition) is 5. The molecule has 2 N–H and O–H groups in total. The fourth-order valence-corrected chi connectivity index (χ4v) is 3.14. The fraction of sp³-hybridized carbons (Fsp3) is 0.360. The average Bonchev–Trinajstić information content (AvgIpc) is 2.75. The molecule has 0 aliphatic rings. The zero-order valence-corrected chi connectivity index (χ0v) is 20.8. The molecule has 172 valence electrons. The zero-order chi connectivity index (χ0) is 23.7. The van der Waals surface area contributed by atoms with Gasteiger partial charge in [-0.15, -0.1) is 0 Å². The number of benzene rings is 1. The number of rotatable bonds is 8. The number of ether oxygens (including phenoxy) is 2. The molecule has 6 nitrogen and oxygen atoms in total. The summed E-state index contributed by atoms with van der Waals surface area (Å²) < 4.78 is 12.1. The standard InChI is InChI=1S/C25H31BrN2O4/c1-6-19(31-23-11-12-27-16-21(23)26)14-20(22(29)7-2)18-10-8-9-17(13-18)15-28-24(30)32-25(3,4)5/h8-14,16,29H,6-7,15H2,1-5H3,(H,28,30)/b19-14+,22-20-. The molecule has 0 aliphatic heterocycles. The first-order chi connectivity index (χ1) is 15.1. The number of alkyl carbamates (subject to hydrolysis) is 1. The van der Waals surface area contributed by atoms with Crippen LogP contribution in [0.25, 0.3) is 5.57 Å². The Balaban J connectivity index is 2.28. The van der Waals surface area contributed by atoms with Crippen molar-refractivity contribution >= 4 is 27.6 Å². The summed E-state index contributed by atoms with van der Waals surface area (Å²) in [5.41, 5.74) is 1.84. The molecular weight excluding hydrogens is 472 g/mol. The first-order valence-electron chi connectivity index (χ1n) is 10.6. The van der Waals surface area contributed by atoms with Crippen LogP contribution in [-0.2, 0) is 11.3 Å². The SMILES string of the molecule is CC/C(O)=C(\C=C(/CC)Oc1ccncc1Br)c1cccc(CNC(=O)OC(C)(C)C)c1. The molecule has 0 saturated carbocycles. The van der Waals surface area contributed by atoms with E-state index < -0.39 is 11.7 Å². The summed E-state index contributed by atoms with van der Waals surface area (Å²) in [6.45, 7) is 9.66. The Morgan fingerprint density at radius 1 is 1.22 bits per heavy atom. The maximum atomic E-state index is 12.0. The summed E-state index contributed by atoms with van der Waals surface area (Å²) >= 11 is 3.44. The molecule has 7 heteroatoms. The Kier molecular flexibility index (Phi) is 9.32. The summed E-state index contributed by atoms with van der Waals surface area (Å²) in [6, 6.07) is 9.44. The number of pyridine rings is 1. The van der Waals surface area contributed by atoms with E-state index in [9.17, 15) is 9.90 Å². The molecular formula is C25H31BrN2O4. The summed E-state index contributed by atoms with van der Waals surface area (Å²) in [5.74, 6) is 1.61. The van der Waals surface area contributed by atoms with Gasteiger partial charge in [0.15, 0.2) is 0 Å². The molecule has 1 heterocycles. The summed E-state index contributed by atoms with van der Waals surface area (Å²) in [5, 5.41) is 13.4. The molecule has 2 aromatic rings. The highest BCUT2D eigenvalue weighted by molar-refractivity contribution is 9.10. The average molecular weight is 503 g/mol. The van der Waals surface area contributed by atoms with Gasteiger partial charge in [-0.1, -0.05) is 32.0 Å². The third-order valence-electron chi connectivity index (χ3n) is 4.35. The smallest absolute Gasteiger partial charge is 0.407 e. The van der Waals surface area contributed by atoms with Crippen molar-refractivity contribution in [1.29, 1.82) is 0 Å². The lowest BCUT2D eigenvalue weighted by Gasteiger charge is -2.19. The molecule has 0 unspecified atom stereocenters. The van der Waals surface area contributed by atoms with Crippen molar-refractivity contribution in [3.63, 3.8) is 0 Å². The van der Waals surface area contributed by atoms with Crippen LogP contribution in [0.5, 0.6) is 5.75 Å². The maximum absolute atomic E-state index is 12.0. The number of carbonyl (C=O) groups is 1. The molecule has 0 fully saturated rings. The van der Waals surface area contributed by atoms with Crippen LogP contribution in [-0.4, -0.2) is 21.8 Å². The minimum absolute atomic E-state index is 0.255. The van der Waals surface area contributed by atoms with E-state index >= 15 is 0 Å². The van der Waals surface area contributed by atoms with E-state index in [-0.39, 0.29) is 5.76 Å². The van der Waals surface area contributed by atoms with Gasteiger partial charge in [0.1, 0.15) is 17.1 Å². The zero-order valence-electron chi connectivity index (χ0n) is 19.2. The highest BCUT2D eigenvalue weighted by Gasteiger charge is 2.16. The van der Waals surface area contributed by atoms with Crippen LogP contribution in [0.1, 0.15) is 58.6 Å². The van der Waals surface area contributed by atoms with Gasteiger partial charge in [0.2, 0.25) is 0 Å². The van der Waals surface area contributed by atoms with E-state index in [4.69, 9.17) is 9.47 Å². The van der Waals surface area contributed by atoms with Crippen molar-refractivity contribution in [3.05, 3.63) is 75.9 Å². The highest BCUT2D eigenvalue weighted by Crippen LogP contribution is 2.29. The van der Waals surface area contributed by atoms with E-state index in [2.05, 4.69) is 26.2 Å². The van der Waals surface area contributed by atoms with Gasteiger partial charge < -0.3 is 19.9 Å². The molecule has 1 aromatic carbocycles. The lowest BCUT2D eigenvalue weighted by molar-refractivity contribution is 0.0523. The van der Waals surface area contributed by atoms with Gasteiger partial charge in [-0.2, -0.15) is 0 Å². The van der Waals surface area contributed by atoms with Crippen LogP contribution in [0, 0.1) is 0 Å². The minimum Gasteiger partial charge on any atom is -0.512 e. The summed E-state index contributed by atoms with van der Waals surface area (Å²) in [7, 11) is 0. The predicted molar refractivity (Wildman–Crippen MR) is 130 cm³/mol. The van der Waals surface area contributed by atoms with Crippen LogP contribution >= 0.6 is 15.9 Å². The van der Waals surface area contributed by atoms with Crippen LogP contribution in [0.15, 0.2) is 64.8 Å². The number of nitrogens with one attached hydrogen (secondary N) is 1. The second kappa shape index (κ2) is 11.7. The molecule has 32 heavy (non-hydrogen) atoms. The number of aliphatic hydroxyl groups is 1. The number of allylic oxidation sites excluding steroid dienone is 4. The number of aliphatic hydroxyl groups excluding tert-OH is 1. The van der Waals surface area contributed by atoms with Crippen molar-refractivity contribution < 1.29 is 19.4 Å². The van der Waals surface area contributed by atoms with Crippen molar-refractivity contribution in [3.8, 4) is 5.75 Å². The van der Waals surface area contributed by atoms with Gasteiger partial charge in [-0.3, -0.25) is 4.98 Å². The van der Waals surface area contributed by atoms with Crippen LogP contribution in [0.3, 0.4) is 0 Å². The molecule has 1 aromatic heterocycles. The van der Waals surface area contributed by atoms with Gasteiger partial charge in [-0.25, -0.2) is 4.79 Å². The number of hydrogen-bond donors (Lipinski definition) is 2. The number of amides is 1. The molecule has 2 rings (SSSR count). The molecule has 0 bridgehead atoms. The number of carbonyl (C=O) groups excluding carboxylic acids is 1. The van der Waals surface area contributed by atoms with Gasteiger partial charge in [0, 0.05) is 43.4 Å². The van der Waals surface area contributed by atoms with Crippen molar-refractivity contribution in [2.24, 2.45) is 0 Å². The third-order valence-corrected chi connectivity index (χ3v) is 4.95. The Morgan fingerprint density at radius 3 is 2.59 bits per heavy atom. The van der Waals surface area contributed by atoms with Gasteiger partial charge in [-0.05, 0) is 60.0 Å². The Hall–Kier alpha value is -2.80. The van der Waals surface area contributed by atoms with Crippen molar-refractivity contribution in [2.75, 3.05) is 0 Å². The van der Waals surface area contributed by atoms with E-state index in [1.165, 1.54) is 0 Å². The molecule has 0 radical (unpaired) electrons. The molecule has 0 spiro atoms. The number of halogens is 1. The monoisotopic (exact) mass is 502 g/mol. The van der Waals surface area contributed by atoms with Crippen LogP contribution in [0.4, 0.5) is 4.79 Å². The highest BCUT2D eigenvalue weighted by atomic mass is 79.9. The number of aromatic nitrogens is 1. The first kappa shape index (κ1) is 25.5. The second-order valence-electron chi connectivity index (χ2n) is 8.14. The van der Waals surface area contributed by atoms with Gasteiger partial charge in [0.25, 0.3) is 0 Å². The van der Waals surface area contributed by atoms with Crippen LogP contribution < -0.4 is 10.1 Å². The topological polar surface area (TPSA) is 80.7 Å². The van der Waals surface area contributed by atoms with Crippen molar-refractivity contribution in [1.82, 2.24) is 10.3 Å². The van der Waals surface area contributed by atoms with Gasteiger partial charge >= 0.3 is 6.09 Å². The molecule has 0 saturated heterocycles. The lowest BCUT2D eigenvalue weighted by Crippen LogP contribution is -2.32. The Bertz CT molecular complexity index is 993. The number of nitrogens with zero attached hydrogens (tertiary/aromatic N) is 1. The first-order valence-corrected chi connectivity index (χ1v) is 11.4. The summed E-state index contributed by atoms with van der Waals surface area (Å²) in [6.07, 6.45) is 5.82. The third kappa shape index (κ3) is 8.04. The second-order valence-corrected chi connectivity index (χ2v) is 9.00. The molecule has 0 aliphatic carbocycles. The quantitative estimate of drug-likeness (QED) is 0.302. The van der Waals surface area contributed by atoms with Crippen molar-refractivity contribution in [2.45, 2.75) is 59.6 Å². The van der Waals surface area contributed by atoms with E-state index in [1.54, 1.807) is 18.5 Å². The Morgan fingerprint density at radius 2 is 1.97 bits per heavy atom. The largest absolute Gasteiger partial charge is 0.512 e. The predicted octanol–water partition coefficient (Wildman–Crippen LogP) is 6.92. The fourth-order valence-electron chi connectivity index (χ4n) is 2.81. The van der Waals surface area contributed by atoms with Crippen LogP contribution in [0.2, 0.25) is 0 Å². The maximum Gasteiger partial charge on any atom is 0.407 e. The normalized spacial score (nSPS) is 12.8. The van der Waals surface area contributed by atoms with E-state index in [0.29, 0.717) is 36.5 Å². The minimum atomic E-state index is -0.556. The van der Waals surface area contributed by atoms with E-state index in [0.717, 1.165) is 15.6 Å². The molecule has 0 atom stereocenters. The lowest BCUT2D eigenvalue weighted by atomic mass is 10.00. The van der Waals surface area contributed by atoms with E-state index in [1.807, 2.05) is 65.0 Å². The van der Waals surface area contributed by atoms with Gasteiger partial charge in [0.05, 0.1) is 10.2 Å². The molecule has 1 amide bonds. The Labute approximate surface area is 198 Å².